The summed E-state index contributed by atoms with van der Waals surface area (Å²) in [5.41, 5.74) is 2.08. The molecule has 0 spiro atoms. The number of benzene rings is 1. The van der Waals surface area contributed by atoms with Crippen molar-refractivity contribution in [1.82, 2.24) is 0 Å². The number of hydrogen-bond acceptors (Lipinski definition) is 3. The van der Waals surface area contributed by atoms with Gasteiger partial charge in [-0.3, -0.25) is 4.79 Å². The number of hydrogen-bond donors (Lipinski definition) is 2. The number of primary sulfonamides is 1. The third kappa shape index (κ3) is 3.97. The van der Waals surface area contributed by atoms with Gasteiger partial charge in [-0.1, -0.05) is 5.57 Å². The highest BCUT2D eigenvalue weighted by molar-refractivity contribution is 7.89. The normalized spacial score (nSPS) is 10.9. The largest absolute Gasteiger partial charge is 0.322 e. The molecule has 0 heterocycles. The van der Waals surface area contributed by atoms with Gasteiger partial charge in [-0.25, -0.2) is 13.6 Å². The topological polar surface area (TPSA) is 89.3 Å². The summed E-state index contributed by atoms with van der Waals surface area (Å²) >= 11 is 0. The molecule has 98 valence electrons. The first kappa shape index (κ1) is 14.4. The number of nitrogens with two attached hydrogens (primary N) is 1. The Morgan fingerprint density at radius 2 is 1.94 bits per heavy atom. The van der Waals surface area contributed by atoms with Crippen molar-refractivity contribution in [3.63, 3.8) is 0 Å². The Morgan fingerprint density at radius 3 is 2.39 bits per heavy atom. The zero-order valence-corrected chi connectivity index (χ0v) is 11.3. The number of anilines is 1. The number of amides is 1. The average molecular weight is 268 g/mol. The molecule has 3 N–H and O–H groups in total. The van der Waals surface area contributed by atoms with Crippen molar-refractivity contribution in [3.8, 4) is 0 Å². The van der Waals surface area contributed by atoms with Crippen molar-refractivity contribution in [2.75, 3.05) is 5.32 Å². The Morgan fingerprint density at radius 1 is 1.33 bits per heavy atom. The Bertz CT molecular complexity index is 600. The van der Waals surface area contributed by atoms with Gasteiger partial charge in [0, 0.05) is 11.8 Å². The van der Waals surface area contributed by atoms with E-state index in [1.807, 2.05) is 13.8 Å². The van der Waals surface area contributed by atoms with Gasteiger partial charge in [-0.15, -0.1) is 0 Å². The van der Waals surface area contributed by atoms with E-state index < -0.39 is 10.0 Å². The molecule has 1 rings (SSSR count). The van der Waals surface area contributed by atoms with Crippen molar-refractivity contribution >= 4 is 21.6 Å². The fourth-order valence-corrected chi connectivity index (χ4v) is 1.98. The quantitative estimate of drug-likeness (QED) is 0.815. The van der Waals surface area contributed by atoms with Crippen LogP contribution in [0.4, 0.5) is 5.69 Å². The summed E-state index contributed by atoms with van der Waals surface area (Å²) in [7, 11) is -3.71. The van der Waals surface area contributed by atoms with Crippen molar-refractivity contribution in [1.29, 1.82) is 0 Å². The summed E-state index contributed by atoms with van der Waals surface area (Å²) in [6.45, 7) is 5.33. The molecule has 6 heteroatoms. The Labute approximate surface area is 107 Å². The Balaban J connectivity index is 3.01. The third-order valence-corrected chi connectivity index (χ3v) is 3.12. The van der Waals surface area contributed by atoms with Crippen molar-refractivity contribution < 1.29 is 13.2 Å². The van der Waals surface area contributed by atoms with Crippen LogP contribution in [-0.2, 0) is 14.8 Å². The average Bonchev–Trinajstić information content (AvgIpc) is 2.18. The molecule has 18 heavy (non-hydrogen) atoms. The highest BCUT2D eigenvalue weighted by atomic mass is 32.2. The molecule has 1 aromatic rings. The number of carbonyl (C=O) groups is 1. The molecule has 0 saturated heterocycles. The lowest BCUT2D eigenvalue weighted by Crippen LogP contribution is -2.13. The van der Waals surface area contributed by atoms with Crippen LogP contribution in [0.3, 0.4) is 0 Å². The van der Waals surface area contributed by atoms with Crippen LogP contribution in [-0.4, -0.2) is 14.3 Å². The molecule has 0 aliphatic carbocycles. The minimum atomic E-state index is -3.71. The number of rotatable bonds is 3. The van der Waals surface area contributed by atoms with Gasteiger partial charge < -0.3 is 5.32 Å². The fraction of sp³-hybridized carbons (Fsp3) is 0.250. The zero-order chi connectivity index (χ0) is 13.9. The lowest BCUT2D eigenvalue weighted by molar-refractivity contribution is -0.111. The second kappa shape index (κ2) is 5.32. The van der Waals surface area contributed by atoms with E-state index in [0.29, 0.717) is 11.3 Å². The van der Waals surface area contributed by atoms with Crippen LogP contribution >= 0.6 is 0 Å². The summed E-state index contributed by atoms with van der Waals surface area (Å²) in [6.07, 6.45) is 1.47. The van der Waals surface area contributed by atoms with Crippen LogP contribution < -0.4 is 10.5 Å². The SMILES string of the molecule is CC(C)=CC(=O)Nc1ccc(S(N)(=O)=O)cc1C. The molecule has 0 aromatic heterocycles. The van der Waals surface area contributed by atoms with Gasteiger partial charge in [0.15, 0.2) is 0 Å². The lowest BCUT2D eigenvalue weighted by Gasteiger charge is -2.08. The number of carbonyl (C=O) groups excluding carboxylic acids is 1. The molecular formula is C12H16N2O3S. The predicted octanol–water partition coefficient (Wildman–Crippen LogP) is 1.55. The van der Waals surface area contributed by atoms with E-state index >= 15 is 0 Å². The summed E-state index contributed by atoms with van der Waals surface area (Å²) in [6, 6.07) is 4.31. The van der Waals surface area contributed by atoms with Gasteiger partial charge in [0.2, 0.25) is 15.9 Å². The van der Waals surface area contributed by atoms with Crippen LogP contribution in [0.1, 0.15) is 19.4 Å². The van der Waals surface area contributed by atoms with Gasteiger partial charge in [0.1, 0.15) is 0 Å². The number of sulfonamides is 1. The molecule has 5 nitrogen and oxygen atoms in total. The molecule has 0 unspecified atom stereocenters. The van der Waals surface area contributed by atoms with Crippen LogP contribution in [0.5, 0.6) is 0 Å². The van der Waals surface area contributed by atoms with E-state index in [2.05, 4.69) is 5.32 Å². The maximum absolute atomic E-state index is 11.5. The highest BCUT2D eigenvalue weighted by Gasteiger charge is 2.10. The highest BCUT2D eigenvalue weighted by Crippen LogP contribution is 2.18. The Kier molecular flexibility index (Phi) is 4.26. The molecule has 0 bridgehead atoms. The molecule has 0 aliphatic heterocycles. The first-order chi connectivity index (χ1) is 8.20. The first-order valence-electron chi connectivity index (χ1n) is 5.29. The summed E-state index contributed by atoms with van der Waals surface area (Å²) < 4.78 is 22.3. The van der Waals surface area contributed by atoms with Gasteiger partial charge >= 0.3 is 0 Å². The van der Waals surface area contributed by atoms with Crippen LogP contribution in [0.25, 0.3) is 0 Å². The van der Waals surface area contributed by atoms with Gasteiger partial charge in [-0.2, -0.15) is 0 Å². The van der Waals surface area contributed by atoms with Crippen molar-refractivity contribution in [3.05, 3.63) is 35.4 Å². The standard InChI is InChI=1S/C12H16N2O3S/c1-8(2)6-12(15)14-11-5-4-10(7-9(11)3)18(13,16)17/h4-7H,1-3H3,(H,14,15)(H2,13,16,17). The van der Waals surface area contributed by atoms with Crippen LogP contribution in [0, 0.1) is 6.92 Å². The molecule has 0 atom stereocenters. The minimum Gasteiger partial charge on any atom is -0.322 e. The van der Waals surface area contributed by atoms with Crippen molar-refractivity contribution in [2.24, 2.45) is 5.14 Å². The molecule has 1 amide bonds. The summed E-state index contributed by atoms with van der Waals surface area (Å²) in [5, 5.41) is 7.69. The van der Waals surface area contributed by atoms with Crippen LogP contribution in [0.15, 0.2) is 34.7 Å². The van der Waals surface area contributed by atoms with Crippen LogP contribution in [0.2, 0.25) is 0 Å². The maximum atomic E-state index is 11.5. The monoisotopic (exact) mass is 268 g/mol. The van der Waals surface area contributed by atoms with Gasteiger partial charge in [0.05, 0.1) is 4.90 Å². The molecule has 0 saturated carbocycles. The molecule has 0 aliphatic rings. The lowest BCUT2D eigenvalue weighted by atomic mass is 10.2. The smallest absolute Gasteiger partial charge is 0.248 e. The summed E-state index contributed by atoms with van der Waals surface area (Å²) in [4.78, 5) is 11.6. The number of allylic oxidation sites excluding steroid dienone is 1. The number of aryl methyl sites for hydroxylation is 1. The van der Waals surface area contributed by atoms with E-state index in [1.54, 1.807) is 6.92 Å². The van der Waals surface area contributed by atoms with Gasteiger partial charge in [0.25, 0.3) is 0 Å². The predicted molar refractivity (Wildman–Crippen MR) is 70.6 cm³/mol. The third-order valence-electron chi connectivity index (χ3n) is 2.20. The minimum absolute atomic E-state index is 0.0280. The second-order valence-electron chi connectivity index (χ2n) is 4.23. The molecule has 0 fully saturated rings. The zero-order valence-electron chi connectivity index (χ0n) is 10.5. The van der Waals surface area contributed by atoms with E-state index in [-0.39, 0.29) is 10.8 Å². The second-order valence-corrected chi connectivity index (χ2v) is 5.79. The van der Waals surface area contributed by atoms with Crippen molar-refractivity contribution in [2.45, 2.75) is 25.7 Å². The van der Waals surface area contributed by atoms with E-state index in [0.717, 1.165) is 5.57 Å². The first-order valence-corrected chi connectivity index (χ1v) is 6.84. The number of nitrogens with one attached hydrogen (secondary N) is 1. The molecular weight excluding hydrogens is 252 g/mol. The summed E-state index contributed by atoms with van der Waals surface area (Å²) in [5.74, 6) is -0.249. The van der Waals surface area contributed by atoms with Gasteiger partial charge in [-0.05, 0) is 44.5 Å². The molecule has 0 radical (unpaired) electrons. The van der Waals surface area contributed by atoms with E-state index in [4.69, 9.17) is 5.14 Å². The fourth-order valence-electron chi connectivity index (χ4n) is 1.38. The molecule has 1 aromatic carbocycles. The maximum Gasteiger partial charge on any atom is 0.248 e. The Hall–Kier alpha value is -1.66. The van der Waals surface area contributed by atoms with E-state index in [1.165, 1.54) is 24.3 Å². The van der Waals surface area contributed by atoms with E-state index in [9.17, 15) is 13.2 Å².